The number of benzene rings is 2. The number of halogens is 1. The van der Waals surface area contributed by atoms with Crippen molar-refractivity contribution >= 4 is 33.9 Å². The lowest BCUT2D eigenvalue weighted by Crippen LogP contribution is -2.36. The van der Waals surface area contributed by atoms with Gasteiger partial charge in [-0.2, -0.15) is 0 Å². The highest BCUT2D eigenvalue weighted by atomic mass is 32.1. The zero-order valence-electron chi connectivity index (χ0n) is 16.7. The lowest BCUT2D eigenvalue weighted by atomic mass is 10.1. The van der Waals surface area contributed by atoms with Gasteiger partial charge in [-0.3, -0.25) is 4.98 Å². The molecular weight excluding hydrogens is 395 g/mol. The number of hydrogen-bond donors (Lipinski definition) is 2. The Balaban J connectivity index is 1.55. The minimum Gasteiger partial charge on any atom is -0.358 e. The van der Waals surface area contributed by atoms with Crippen LogP contribution in [0.4, 0.5) is 10.1 Å². The number of thiocarbonyl (C=S) groups is 1. The molecule has 4 nitrogen and oxygen atoms in total. The highest BCUT2D eigenvalue weighted by Gasteiger charge is 2.14. The van der Waals surface area contributed by atoms with Crippen molar-refractivity contribution in [2.45, 2.75) is 19.9 Å². The summed E-state index contributed by atoms with van der Waals surface area (Å²) >= 11 is 5.69. The van der Waals surface area contributed by atoms with Crippen LogP contribution in [0.3, 0.4) is 0 Å². The Morgan fingerprint density at radius 3 is 2.70 bits per heavy atom. The van der Waals surface area contributed by atoms with Crippen molar-refractivity contribution < 1.29 is 4.39 Å². The first-order valence-corrected chi connectivity index (χ1v) is 10.3. The average molecular weight is 419 g/mol. The topological polar surface area (TPSA) is 44.0 Å². The van der Waals surface area contributed by atoms with Gasteiger partial charge in [0.05, 0.1) is 0 Å². The number of fused-ring (bicyclic) bond motifs is 1. The highest BCUT2D eigenvalue weighted by Crippen LogP contribution is 2.23. The van der Waals surface area contributed by atoms with E-state index in [9.17, 15) is 4.39 Å². The molecule has 0 aliphatic rings. The van der Waals surface area contributed by atoms with E-state index in [0.29, 0.717) is 17.3 Å². The number of aromatic amines is 1. The molecule has 0 aliphatic carbocycles. The molecule has 2 heterocycles. The van der Waals surface area contributed by atoms with E-state index in [0.717, 1.165) is 24.0 Å². The third kappa shape index (κ3) is 4.66. The number of aryl methyl sites for hydroxylation is 1. The van der Waals surface area contributed by atoms with Gasteiger partial charge >= 0.3 is 0 Å². The predicted octanol–water partition coefficient (Wildman–Crippen LogP) is 5.45. The molecule has 0 bridgehead atoms. The van der Waals surface area contributed by atoms with Gasteiger partial charge < -0.3 is 15.2 Å². The van der Waals surface area contributed by atoms with Crippen molar-refractivity contribution in [3.8, 4) is 0 Å². The monoisotopic (exact) mass is 418 g/mol. The maximum absolute atomic E-state index is 13.6. The smallest absolute Gasteiger partial charge is 0.173 e. The highest BCUT2D eigenvalue weighted by molar-refractivity contribution is 7.80. The van der Waals surface area contributed by atoms with Gasteiger partial charge in [-0.25, -0.2) is 4.39 Å². The molecule has 6 heteroatoms. The van der Waals surface area contributed by atoms with Crippen LogP contribution in [0.1, 0.15) is 16.8 Å². The molecule has 152 valence electrons. The van der Waals surface area contributed by atoms with Gasteiger partial charge in [-0.05, 0) is 73.1 Å². The summed E-state index contributed by atoms with van der Waals surface area (Å²) in [5, 5.41) is 4.98. The SMILES string of the molecule is Cc1[nH]c2ccccc2c1CCN(Cc1ccncc1)C(=S)Nc1cccc(F)c1. The molecule has 2 aromatic heterocycles. The van der Waals surface area contributed by atoms with Crippen LogP contribution >= 0.6 is 12.2 Å². The van der Waals surface area contributed by atoms with Crippen molar-refractivity contribution in [1.82, 2.24) is 14.9 Å². The number of anilines is 1. The van der Waals surface area contributed by atoms with E-state index in [1.54, 1.807) is 18.5 Å². The molecule has 30 heavy (non-hydrogen) atoms. The number of nitrogens with one attached hydrogen (secondary N) is 2. The number of nitrogens with zero attached hydrogens (tertiary/aromatic N) is 2. The number of para-hydroxylation sites is 1. The van der Waals surface area contributed by atoms with Crippen LogP contribution < -0.4 is 5.32 Å². The molecule has 0 saturated carbocycles. The lowest BCUT2D eigenvalue weighted by molar-refractivity contribution is 0.423. The Labute approximate surface area is 180 Å². The molecule has 0 unspecified atom stereocenters. The normalized spacial score (nSPS) is 10.9. The first-order chi connectivity index (χ1) is 14.6. The summed E-state index contributed by atoms with van der Waals surface area (Å²) in [5.41, 5.74) is 5.36. The minimum atomic E-state index is -0.294. The molecular formula is C24H23FN4S. The molecule has 4 aromatic rings. The Kier molecular flexibility index (Phi) is 6.05. The third-order valence-electron chi connectivity index (χ3n) is 5.14. The lowest BCUT2D eigenvalue weighted by Gasteiger charge is -2.26. The van der Waals surface area contributed by atoms with Gasteiger partial charge in [0.15, 0.2) is 5.11 Å². The molecule has 2 aromatic carbocycles. The zero-order valence-corrected chi connectivity index (χ0v) is 17.5. The number of hydrogen-bond acceptors (Lipinski definition) is 2. The quantitative estimate of drug-likeness (QED) is 0.409. The largest absolute Gasteiger partial charge is 0.358 e. The van der Waals surface area contributed by atoms with Crippen LogP contribution in [0.5, 0.6) is 0 Å². The first-order valence-electron chi connectivity index (χ1n) is 9.87. The van der Waals surface area contributed by atoms with Crippen LogP contribution in [-0.2, 0) is 13.0 Å². The van der Waals surface area contributed by atoms with E-state index in [1.807, 2.05) is 24.3 Å². The Hall–Kier alpha value is -3.25. The maximum Gasteiger partial charge on any atom is 0.173 e. The fourth-order valence-corrected chi connectivity index (χ4v) is 3.91. The van der Waals surface area contributed by atoms with Crippen molar-refractivity contribution in [1.29, 1.82) is 0 Å². The summed E-state index contributed by atoms with van der Waals surface area (Å²) in [6.07, 6.45) is 4.40. The third-order valence-corrected chi connectivity index (χ3v) is 5.50. The summed E-state index contributed by atoms with van der Waals surface area (Å²) in [4.78, 5) is 9.66. The van der Waals surface area contributed by atoms with E-state index in [2.05, 4.69) is 45.3 Å². The van der Waals surface area contributed by atoms with Crippen LogP contribution in [0.25, 0.3) is 10.9 Å². The Bertz CT molecular complexity index is 1160. The molecule has 2 N–H and O–H groups in total. The summed E-state index contributed by atoms with van der Waals surface area (Å²) in [7, 11) is 0. The second kappa shape index (κ2) is 9.05. The number of rotatable bonds is 6. The minimum absolute atomic E-state index is 0.294. The van der Waals surface area contributed by atoms with Crippen LogP contribution in [0.15, 0.2) is 73.1 Å². The standard InChI is InChI=1S/C24H23FN4S/c1-17-21(22-7-2-3-8-23(22)27-17)11-14-29(16-18-9-12-26-13-10-18)24(30)28-20-6-4-5-19(25)15-20/h2-10,12-13,15,27H,11,14,16H2,1H3,(H,28,30). The zero-order chi connectivity index (χ0) is 20.9. The van der Waals surface area contributed by atoms with E-state index in [1.165, 1.54) is 28.8 Å². The molecule has 0 saturated heterocycles. The summed E-state index contributed by atoms with van der Waals surface area (Å²) in [5.74, 6) is -0.294. The summed E-state index contributed by atoms with van der Waals surface area (Å²) in [6.45, 7) is 3.48. The average Bonchev–Trinajstić information content (AvgIpc) is 3.07. The van der Waals surface area contributed by atoms with Gasteiger partial charge in [-0.1, -0.05) is 24.3 Å². The second-order valence-electron chi connectivity index (χ2n) is 7.24. The number of aromatic nitrogens is 2. The number of H-pyrrole nitrogens is 1. The predicted molar refractivity (Wildman–Crippen MR) is 124 cm³/mol. The van der Waals surface area contributed by atoms with Gasteiger partial charge in [0.2, 0.25) is 0 Å². The Morgan fingerprint density at radius 1 is 1.10 bits per heavy atom. The van der Waals surface area contributed by atoms with Gasteiger partial charge in [0.25, 0.3) is 0 Å². The fraction of sp³-hybridized carbons (Fsp3) is 0.167. The van der Waals surface area contributed by atoms with Crippen molar-refractivity contribution in [3.05, 3.63) is 95.7 Å². The fourth-order valence-electron chi connectivity index (χ4n) is 3.63. The molecule has 0 atom stereocenters. The molecule has 0 spiro atoms. The number of pyridine rings is 1. The first kappa shape index (κ1) is 20.0. The van der Waals surface area contributed by atoms with Gasteiger partial charge in [0, 0.05) is 47.8 Å². The summed E-state index contributed by atoms with van der Waals surface area (Å²) < 4.78 is 13.6. The molecule has 4 rings (SSSR count). The van der Waals surface area contributed by atoms with Gasteiger partial charge in [-0.15, -0.1) is 0 Å². The van der Waals surface area contributed by atoms with E-state index < -0.39 is 0 Å². The van der Waals surface area contributed by atoms with Gasteiger partial charge in [0.1, 0.15) is 5.82 Å². The van der Waals surface area contributed by atoms with E-state index in [4.69, 9.17) is 12.2 Å². The summed E-state index contributed by atoms with van der Waals surface area (Å²) in [6, 6.07) is 18.6. The molecule has 0 fully saturated rings. The van der Waals surface area contributed by atoms with E-state index in [-0.39, 0.29) is 5.82 Å². The second-order valence-corrected chi connectivity index (χ2v) is 7.63. The van der Waals surface area contributed by atoms with Crippen molar-refractivity contribution in [2.75, 3.05) is 11.9 Å². The van der Waals surface area contributed by atoms with E-state index >= 15 is 0 Å². The van der Waals surface area contributed by atoms with Crippen LogP contribution in [0, 0.1) is 12.7 Å². The van der Waals surface area contributed by atoms with Crippen molar-refractivity contribution in [3.63, 3.8) is 0 Å². The van der Waals surface area contributed by atoms with Crippen molar-refractivity contribution in [2.24, 2.45) is 0 Å². The maximum atomic E-state index is 13.6. The Morgan fingerprint density at radius 2 is 1.90 bits per heavy atom. The van der Waals surface area contributed by atoms with Crippen LogP contribution in [0.2, 0.25) is 0 Å². The molecule has 0 aliphatic heterocycles. The molecule has 0 amide bonds. The molecule has 0 radical (unpaired) electrons. The van der Waals surface area contributed by atoms with Crippen LogP contribution in [-0.4, -0.2) is 26.5 Å².